The maximum Gasteiger partial charge on any atom is 0.145 e. The fourth-order valence-corrected chi connectivity index (χ4v) is 2.44. The van der Waals surface area contributed by atoms with Crippen molar-refractivity contribution in [2.75, 3.05) is 7.11 Å². The van der Waals surface area contributed by atoms with Crippen LogP contribution < -0.4 is 4.74 Å². The molecule has 0 aromatic heterocycles. The van der Waals surface area contributed by atoms with Gasteiger partial charge in [-0.1, -0.05) is 49.0 Å². The molecule has 2 nitrogen and oxygen atoms in total. The Bertz CT molecular complexity index is 464. The molecule has 1 fully saturated rings. The summed E-state index contributed by atoms with van der Waals surface area (Å²) in [6, 6.07) is 3.99. The molecule has 1 saturated carbocycles. The minimum Gasteiger partial charge on any atom is -0.494 e. The third kappa shape index (κ3) is 5.28. The molecule has 1 aliphatic rings. The van der Waals surface area contributed by atoms with Gasteiger partial charge in [-0.25, -0.2) is 0 Å². The number of aryl methyl sites for hydroxylation is 1. The number of aliphatic imine (C=N–C) groups is 1. The average molecular weight is 340 g/mol. The highest BCUT2D eigenvalue weighted by Gasteiger charge is 2.09. The van der Waals surface area contributed by atoms with Gasteiger partial charge in [0, 0.05) is 10.2 Å². The largest absolute Gasteiger partial charge is 0.494 e. The Balaban J connectivity index is 0.000000333. The van der Waals surface area contributed by atoms with Gasteiger partial charge in [-0.15, -0.1) is 0 Å². The molecule has 0 atom stereocenters. The van der Waals surface area contributed by atoms with E-state index in [9.17, 15) is 0 Å². The fourth-order valence-electron chi connectivity index (χ4n) is 1.89. The summed E-state index contributed by atoms with van der Waals surface area (Å²) < 4.78 is 6.33. The monoisotopic (exact) mass is 339 g/mol. The first-order valence-corrected chi connectivity index (χ1v) is 8.15. The van der Waals surface area contributed by atoms with Crippen molar-refractivity contribution in [3.8, 4) is 5.75 Å². The lowest BCUT2D eigenvalue weighted by atomic mass is 9.88. The molecular formula is C17H26BrNO. The lowest BCUT2D eigenvalue weighted by Gasteiger charge is -2.18. The summed E-state index contributed by atoms with van der Waals surface area (Å²) in [5, 5.41) is 0. The summed E-state index contributed by atoms with van der Waals surface area (Å²) in [6.45, 7) is 8.47. The van der Waals surface area contributed by atoms with E-state index in [1.807, 2.05) is 26.0 Å². The maximum atomic E-state index is 5.32. The molecule has 112 valence electrons. The Morgan fingerprint density at radius 1 is 1.40 bits per heavy atom. The molecule has 0 aliphatic heterocycles. The highest BCUT2D eigenvalue weighted by molar-refractivity contribution is 9.10. The Labute approximate surface area is 131 Å². The highest BCUT2D eigenvalue weighted by atomic mass is 79.9. The van der Waals surface area contributed by atoms with E-state index in [2.05, 4.69) is 34.8 Å². The van der Waals surface area contributed by atoms with Gasteiger partial charge >= 0.3 is 0 Å². The predicted octanol–water partition coefficient (Wildman–Crippen LogP) is 6.07. The van der Waals surface area contributed by atoms with Gasteiger partial charge < -0.3 is 4.74 Å². The first-order valence-electron chi connectivity index (χ1n) is 7.36. The predicted molar refractivity (Wildman–Crippen MR) is 91.5 cm³/mol. The van der Waals surface area contributed by atoms with Crippen LogP contribution in [0.25, 0.3) is 0 Å². The van der Waals surface area contributed by atoms with Gasteiger partial charge in [0.05, 0.1) is 7.11 Å². The molecule has 0 unspecified atom stereocenters. The van der Waals surface area contributed by atoms with Gasteiger partial charge in [-0.05, 0) is 43.9 Å². The Morgan fingerprint density at radius 2 is 2.00 bits per heavy atom. The van der Waals surface area contributed by atoms with E-state index in [1.165, 1.54) is 19.3 Å². The van der Waals surface area contributed by atoms with E-state index in [1.54, 1.807) is 7.11 Å². The van der Waals surface area contributed by atoms with Crippen LogP contribution in [-0.4, -0.2) is 12.8 Å². The second-order valence-corrected chi connectivity index (χ2v) is 6.43. The maximum absolute atomic E-state index is 5.32. The number of halogens is 1. The first-order chi connectivity index (χ1) is 9.47. The van der Waals surface area contributed by atoms with Gasteiger partial charge in [0.2, 0.25) is 0 Å². The molecule has 0 radical (unpaired) electrons. The third-order valence-corrected chi connectivity index (χ3v) is 4.12. The summed E-state index contributed by atoms with van der Waals surface area (Å²) in [4.78, 5) is 4.56. The Hall–Kier alpha value is -0.830. The molecule has 0 spiro atoms. The third-order valence-electron chi connectivity index (χ3n) is 3.66. The Kier molecular flexibility index (Phi) is 7.28. The average Bonchev–Trinajstić information content (AvgIpc) is 2.39. The molecule has 0 heterocycles. The molecule has 1 aliphatic carbocycles. The van der Waals surface area contributed by atoms with Crippen molar-refractivity contribution >= 4 is 27.3 Å². The van der Waals surface area contributed by atoms with Crippen molar-refractivity contribution in [2.45, 2.75) is 53.4 Å². The molecule has 0 saturated heterocycles. The van der Waals surface area contributed by atoms with Crippen LogP contribution in [0.15, 0.2) is 21.6 Å². The van der Waals surface area contributed by atoms with Crippen molar-refractivity contribution in [3.63, 3.8) is 0 Å². The van der Waals surface area contributed by atoms with E-state index in [0.717, 1.165) is 39.5 Å². The van der Waals surface area contributed by atoms with Crippen molar-refractivity contribution in [3.05, 3.63) is 22.2 Å². The lowest BCUT2D eigenvalue weighted by Crippen LogP contribution is -2.04. The van der Waals surface area contributed by atoms with E-state index >= 15 is 0 Å². The zero-order valence-electron chi connectivity index (χ0n) is 13.3. The first kappa shape index (κ1) is 17.2. The van der Waals surface area contributed by atoms with Gasteiger partial charge in [0.15, 0.2) is 0 Å². The van der Waals surface area contributed by atoms with Gasteiger partial charge in [0.1, 0.15) is 11.4 Å². The smallest absolute Gasteiger partial charge is 0.145 e. The van der Waals surface area contributed by atoms with Crippen molar-refractivity contribution in [1.82, 2.24) is 0 Å². The second kappa shape index (κ2) is 8.46. The Morgan fingerprint density at radius 3 is 2.40 bits per heavy atom. The van der Waals surface area contributed by atoms with E-state index in [4.69, 9.17) is 4.74 Å². The van der Waals surface area contributed by atoms with Crippen LogP contribution in [-0.2, 0) is 0 Å². The van der Waals surface area contributed by atoms with Crippen molar-refractivity contribution in [1.29, 1.82) is 0 Å². The summed E-state index contributed by atoms with van der Waals surface area (Å²) in [7, 11) is 1.67. The lowest BCUT2D eigenvalue weighted by molar-refractivity contribution is 0.346. The topological polar surface area (TPSA) is 21.6 Å². The number of hydrogen-bond donors (Lipinski definition) is 0. The van der Waals surface area contributed by atoms with Crippen LogP contribution in [0.3, 0.4) is 0 Å². The molecule has 20 heavy (non-hydrogen) atoms. The van der Waals surface area contributed by atoms with Gasteiger partial charge in [-0.3, -0.25) is 4.99 Å². The van der Waals surface area contributed by atoms with Crippen molar-refractivity contribution in [2.24, 2.45) is 10.9 Å². The number of nitrogens with zero attached hydrogens (tertiary/aromatic N) is 1. The number of methoxy groups -OCH3 is 1. The van der Waals surface area contributed by atoms with E-state index < -0.39 is 0 Å². The SMILES string of the molecule is CC1CCC1.CCC(C)=Nc1c(C)cc(Br)cc1OC. The van der Waals surface area contributed by atoms with Crippen molar-refractivity contribution < 1.29 is 4.74 Å². The zero-order chi connectivity index (χ0) is 15.1. The summed E-state index contributed by atoms with van der Waals surface area (Å²) >= 11 is 3.44. The number of hydrogen-bond acceptors (Lipinski definition) is 2. The van der Waals surface area contributed by atoms with E-state index in [-0.39, 0.29) is 0 Å². The quantitative estimate of drug-likeness (QED) is 0.612. The minimum atomic E-state index is 0.815. The normalized spacial score (nSPS) is 15.2. The molecule has 0 N–H and O–H groups in total. The zero-order valence-corrected chi connectivity index (χ0v) is 14.9. The molecule has 2 rings (SSSR count). The molecule has 0 bridgehead atoms. The second-order valence-electron chi connectivity index (χ2n) is 5.51. The van der Waals surface area contributed by atoms with Crippen LogP contribution in [0.2, 0.25) is 0 Å². The molecule has 0 amide bonds. The fraction of sp³-hybridized carbons (Fsp3) is 0.588. The van der Waals surface area contributed by atoms with Gasteiger partial charge in [0.25, 0.3) is 0 Å². The van der Waals surface area contributed by atoms with Gasteiger partial charge in [-0.2, -0.15) is 0 Å². The summed E-state index contributed by atoms with van der Waals surface area (Å²) in [5.41, 5.74) is 3.16. The molecular weight excluding hydrogens is 314 g/mol. The van der Waals surface area contributed by atoms with Crippen LogP contribution in [0.5, 0.6) is 5.75 Å². The minimum absolute atomic E-state index is 0.815. The molecule has 1 aromatic carbocycles. The van der Waals surface area contributed by atoms with Crippen LogP contribution in [0.1, 0.15) is 52.0 Å². The summed E-state index contributed by atoms with van der Waals surface area (Å²) in [6.07, 6.45) is 5.42. The summed E-state index contributed by atoms with van der Waals surface area (Å²) in [5.74, 6) is 1.88. The number of ether oxygens (including phenoxy) is 1. The standard InChI is InChI=1S/C12H16BrNO.C5H10/c1-5-9(3)14-12-8(2)6-10(13)7-11(12)15-4;1-5-3-2-4-5/h6-7H,5H2,1-4H3;5H,2-4H2,1H3. The number of benzene rings is 1. The van der Waals surface area contributed by atoms with Crippen LogP contribution >= 0.6 is 15.9 Å². The number of rotatable bonds is 3. The molecule has 3 heteroatoms. The van der Waals surface area contributed by atoms with E-state index in [0.29, 0.717) is 0 Å². The van der Waals surface area contributed by atoms with Crippen LogP contribution in [0.4, 0.5) is 5.69 Å². The van der Waals surface area contributed by atoms with Crippen LogP contribution in [0, 0.1) is 12.8 Å². The highest BCUT2D eigenvalue weighted by Crippen LogP contribution is 2.34. The molecule has 1 aromatic rings.